The van der Waals surface area contributed by atoms with E-state index < -0.39 is 10.1 Å². The number of hydrogen-bond acceptors (Lipinski definition) is 9. The maximum Gasteiger partial charge on any atom is 0.339 e. The molecular weight excluding hydrogens is 538 g/mol. The summed E-state index contributed by atoms with van der Waals surface area (Å²) in [4.78, 5) is 11.7. The minimum atomic E-state index is -4.01. The lowest BCUT2D eigenvalue weighted by Gasteiger charge is -2.30. The summed E-state index contributed by atoms with van der Waals surface area (Å²) < 4.78 is 37.4. The van der Waals surface area contributed by atoms with Crippen LogP contribution in [0.3, 0.4) is 0 Å². The molecule has 1 saturated carbocycles. The second-order valence-corrected chi connectivity index (χ2v) is 11.9. The lowest BCUT2D eigenvalue weighted by atomic mass is 9.91. The van der Waals surface area contributed by atoms with Gasteiger partial charge in [-0.15, -0.1) is 0 Å². The van der Waals surface area contributed by atoms with Crippen LogP contribution in [0.25, 0.3) is 10.9 Å². The van der Waals surface area contributed by atoms with Crippen molar-refractivity contribution in [3.63, 3.8) is 0 Å². The van der Waals surface area contributed by atoms with Crippen LogP contribution in [0.2, 0.25) is 0 Å². The van der Waals surface area contributed by atoms with Gasteiger partial charge in [-0.2, -0.15) is 13.4 Å². The van der Waals surface area contributed by atoms with E-state index >= 15 is 0 Å². The Kier molecular flexibility index (Phi) is 8.90. The van der Waals surface area contributed by atoms with Crippen LogP contribution in [0.1, 0.15) is 38.2 Å². The molecule has 0 atom stereocenters. The number of rotatable bonds is 11. The fourth-order valence-electron chi connectivity index (χ4n) is 5.15. The smallest absolute Gasteiger partial charge is 0.339 e. The summed E-state index contributed by atoms with van der Waals surface area (Å²) in [6, 6.07) is 22.2. The predicted octanol–water partition coefficient (Wildman–Crippen LogP) is 5.38. The maximum absolute atomic E-state index is 13.0. The molecule has 216 valence electrons. The van der Waals surface area contributed by atoms with Crippen molar-refractivity contribution in [1.29, 1.82) is 0 Å². The molecule has 1 aliphatic rings. The van der Waals surface area contributed by atoms with Gasteiger partial charge in [0.25, 0.3) is 0 Å². The van der Waals surface area contributed by atoms with Gasteiger partial charge in [-0.25, -0.2) is 4.98 Å². The third kappa shape index (κ3) is 6.89. The van der Waals surface area contributed by atoms with E-state index in [2.05, 4.69) is 10.6 Å². The largest absolute Gasteiger partial charge is 0.490 e. The number of anilines is 2. The molecule has 0 spiro atoms. The minimum Gasteiger partial charge on any atom is -0.490 e. The zero-order valence-electron chi connectivity index (χ0n) is 23.7. The lowest BCUT2D eigenvalue weighted by molar-refractivity contribution is 0.324. The molecule has 0 saturated heterocycles. The van der Waals surface area contributed by atoms with E-state index in [0.717, 1.165) is 48.0 Å². The molecule has 0 unspecified atom stereocenters. The Morgan fingerprint density at radius 1 is 0.878 bits per heavy atom. The highest BCUT2D eigenvalue weighted by molar-refractivity contribution is 7.87. The highest BCUT2D eigenvalue weighted by Crippen LogP contribution is 2.34. The third-order valence-corrected chi connectivity index (χ3v) is 8.47. The lowest BCUT2D eigenvalue weighted by Crippen LogP contribution is -2.37. The number of ether oxygens (including phenoxy) is 1. The number of nitrogens with zero attached hydrogens (tertiary/aromatic N) is 3. The van der Waals surface area contributed by atoms with Gasteiger partial charge in [0.2, 0.25) is 5.95 Å². The average Bonchev–Trinajstić information content (AvgIpc) is 2.98. The predicted molar refractivity (Wildman–Crippen MR) is 162 cm³/mol. The molecule has 41 heavy (non-hydrogen) atoms. The molecule has 4 aromatic rings. The van der Waals surface area contributed by atoms with Gasteiger partial charge in [0.15, 0.2) is 11.5 Å². The first-order chi connectivity index (χ1) is 19.8. The molecule has 0 aliphatic heterocycles. The van der Waals surface area contributed by atoms with Crippen LogP contribution in [0, 0.1) is 0 Å². The number of para-hydroxylation sites is 2. The minimum absolute atomic E-state index is 0.101. The molecule has 2 N–H and O–H groups in total. The summed E-state index contributed by atoms with van der Waals surface area (Å²) in [6.45, 7) is 2.72. The van der Waals surface area contributed by atoms with E-state index in [1.54, 1.807) is 24.3 Å². The van der Waals surface area contributed by atoms with Gasteiger partial charge in [0, 0.05) is 43.7 Å². The first kappa shape index (κ1) is 28.6. The molecule has 0 bridgehead atoms. The summed E-state index contributed by atoms with van der Waals surface area (Å²) in [6.07, 6.45) is 3.87. The molecule has 1 heterocycles. The van der Waals surface area contributed by atoms with E-state index in [1.165, 1.54) is 12.1 Å². The number of fused-ring (bicyclic) bond motifs is 1. The molecular formula is C31H37N5O4S. The summed E-state index contributed by atoms with van der Waals surface area (Å²) in [5.74, 6) is 2.19. The highest BCUT2D eigenvalue weighted by atomic mass is 32.2. The molecule has 1 fully saturated rings. The van der Waals surface area contributed by atoms with Gasteiger partial charge in [-0.1, -0.05) is 42.5 Å². The van der Waals surface area contributed by atoms with E-state index in [0.29, 0.717) is 24.8 Å². The molecule has 9 nitrogen and oxygen atoms in total. The number of hydrogen-bond donors (Lipinski definition) is 2. The Morgan fingerprint density at radius 3 is 2.32 bits per heavy atom. The molecule has 1 aromatic heterocycles. The third-order valence-electron chi connectivity index (χ3n) is 7.23. The second kappa shape index (κ2) is 12.7. The van der Waals surface area contributed by atoms with Crippen molar-refractivity contribution in [2.75, 3.05) is 30.9 Å². The quantitative estimate of drug-likeness (QED) is 0.228. The van der Waals surface area contributed by atoms with E-state index in [9.17, 15) is 8.42 Å². The van der Waals surface area contributed by atoms with Crippen LogP contribution in [-0.4, -0.2) is 51.2 Å². The van der Waals surface area contributed by atoms with Crippen LogP contribution >= 0.6 is 0 Å². The molecule has 1 aliphatic carbocycles. The molecule has 5 rings (SSSR count). The first-order valence-electron chi connectivity index (χ1n) is 14.0. The molecule has 0 amide bonds. The Labute approximate surface area is 242 Å². The van der Waals surface area contributed by atoms with Crippen molar-refractivity contribution in [3.8, 4) is 11.5 Å². The number of benzene rings is 3. The van der Waals surface area contributed by atoms with Gasteiger partial charge < -0.3 is 24.5 Å². The van der Waals surface area contributed by atoms with E-state index in [4.69, 9.17) is 18.9 Å². The highest BCUT2D eigenvalue weighted by Gasteiger charge is 2.25. The fourth-order valence-corrected chi connectivity index (χ4v) is 6.15. The topological polar surface area (TPSA) is 106 Å². The van der Waals surface area contributed by atoms with Crippen LogP contribution in [0.5, 0.6) is 11.5 Å². The maximum atomic E-state index is 13.0. The van der Waals surface area contributed by atoms with Crippen molar-refractivity contribution in [3.05, 3.63) is 78.4 Å². The van der Waals surface area contributed by atoms with Gasteiger partial charge in [-0.3, -0.25) is 0 Å². The summed E-state index contributed by atoms with van der Waals surface area (Å²) in [5, 5.41) is 8.20. The average molecular weight is 576 g/mol. The monoisotopic (exact) mass is 575 g/mol. The van der Waals surface area contributed by atoms with Crippen LogP contribution in [0.15, 0.2) is 77.7 Å². The Balaban J connectivity index is 1.23. The van der Waals surface area contributed by atoms with Crippen molar-refractivity contribution in [1.82, 2.24) is 15.3 Å². The number of aromatic nitrogens is 2. The summed E-state index contributed by atoms with van der Waals surface area (Å²) >= 11 is 0. The SMILES string of the molecule is CCOc1cccc(CNC2CCC(Nc3nc(N(C)C)c4ccccc4n3)CC2)c1OS(=O)(=O)c1ccccc1. The zero-order valence-corrected chi connectivity index (χ0v) is 24.5. The van der Waals surface area contributed by atoms with Crippen molar-refractivity contribution in [2.45, 2.75) is 56.1 Å². The van der Waals surface area contributed by atoms with E-state index in [1.807, 2.05) is 62.3 Å². The van der Waals surface area contributed by atoms with Crippen LogP contribution in [-0.2, 0) is 16.7 Å². The molecule has 10 heteroatoms. The van der Waals surface area contributed by atoms with Crippen LogP contribution in [0.4, 0.5) is 11.8 Å². The second-order valence-electron chi connectivity index (χ2n) is 10.4. The van der Waals surface area contributed by atoms with Gasteiger partial charge >= 0.3 is 10.1 Å². The zero-order chi connectivity index (χ0) is 28.8. The number of nitrogens with one attached hydrogen (secondary N) is 2. The Morgan fingerprint density at radius 2 is 1.59 bits per heavy atom. The van der Waals surface area contributed by atoms with Crippen molar-refractivity contribution < 1.29 is 17.3 Å². The summed E-state index contributed by atoms with van der Waals surface area (Å²) in [5.41, 5.74) is 1.65. The molecule has 3 aromatic carbocycles. The first-order valence-corrected chi connectivity index (χ1v) is 15.4. The van der Waals surface area contributed by atoms with Gasteiger partial charge in [0.1, 0.15) is 10.7 Å². The summed E-state index contributed by atoms with van der Waals surface area (Å²) in [7, 11) is -0.0240. The van der Waals surface area contributed by atoms with Crippen molar-refractivity contribution >= 4 is 32.8 Å². The van der Waals surface area contributed by atoms with Crippen LogP contribution < -0.4 is 24.5 Å². The Bertz CT molecular complexity index is 1570. The fraction of sp³-hybridized carbons (Fsp3) is 0.355. The molecule has 0 radical (unpaired) electrons. The van der Waals surface area contributed by atoms with Crippen molar-refractivity contribution in [2.24, 2.45) is 0 Å². The normalized spacial score (nSPS) is 17.2. The Hall–Kier alpha value is -3.89. The van der Waals surface area contributed by atoms with Gasteiger partial charge in [0.05, 0.1) is 12.1 Å². The standard InChI is InChI=1S/C31H37N5O4S/c1-4-39-28-16-10-11-22(29(28)40-41(37,38)25-12-6-5-7-13-25)21-32-23-17-19-24(20-18-23)33-31-34-27-15-9-8-14-26(27)30(35-31)36(2)3/h5-16,23-24,32H,4,17-21H2,1-3H3,(H,33,34,35). The van der Waals surface area contributed by atoms with E-state index in [-0.39, 0.29) is 22.7 Å². The van der Waals surface area contributed by atoms with Gasteiger partial charge in [-0.05, 0) is 62.9 Å².